The highest BCUT2D eigenvalue weighted by Gasteiger charge is 2.10. The lowest BCUT2D eigenvalue weighted by molar-refractivity contribution is 0.526. The van der Waals surface area contributed by atoms with E-state index in [0.717, 1.165) is 11.3 Å². The molecule has 0 aliphatic carbocycles. The van der Waals surface area contributed by atoms with Crippen LogP contribution < -0.4 is 5.32 Å². The predicted molar refractivity (Wildman–Crippen MR) is 91.6 cm³/mol. The van der Waals surface area contributed by atoms with Crippen LogP contribution in [0.25, 0.3) is 0 Å². The normalized spacial score (nSPS) is 10.6. The van der Waals surface area contributed by atoms with Crippen molar-refractivity contribution < 1.29 is 0 Å². The van der Waals surface area contributed by atoms with Gasteiger partial charge in [0.2, 0.25) is 0 Å². The van der Waals surface area contributed by atoms with Crippen LogP contribution in [0.5, 0.6) is 0 Å². The maximum atomic E-state index is 9.06. The first-order valence-corrected chi connectivity index (χ1v) is 8.48. The van der Waals surface area contributed by atoms with Gasteiger partial charge < -0.3 is 5.32 Å². The van der Waals surface area contributed by atoms with Crippen molar-refractivity contribution >= 4 is 5.69 Å². The summed E-state index contributed by atoms with van der Waals surface area (Å²) in [7, 11) is 0. The van der Waals surface area contributed by atoms with Gasteiger partial charge in [0.15, 0.2) is 0 Å². The lowest BCUT2D eigenvalue weighted by atomic mass is 10.0. The molecule has 0 radical (unpaired) electrons. The van der Waals surface area contributed by atoms with Gasteiger partial charge in [-0.2, -0.15) is 5.26 Å². The van der Waals surface area contributed by atoms with Crippen molar-refractivity contribution in [2.24, 2.45) is 0 Å². The average Bonchev–Trinajstić information content (AvgIpc) is 2.49. The Balaban J connectivity index is 2.67. The van der Waals surface area contributed by atoms with Crippen molar-refractivity contribution in [3.63, 3.8) is 0 Å². The monoisotopic (exact) mass is 286 g/mol. The highest BCUT2D eigenvalue weighted by molar-refractivity contribution is 5.55. The Morgan fingerprint density at radius 3 is 2.19 bits per heavy atom. The summed E-state index contributed by atoms with van der Waals surface area (Å²) in [4.78, 5) is 0. The number of hydrogen-bond acceptors (Lipinski definition) is 2. The molecule has 0 unspecified atom stereocenters. The van der Waals surface area contributed by atoms with Crippen LogP contribution in [0.4, 0.5) is 5.69 Å². The number of nitriles is 1. The molecule has 2 heteroatoms. The van der Waals surface area contributed by atoms with Gasteiger partial charge in [0.25, 0.3) is 0 Å². The molecule has 0 saturated carbocycles. The van der Waals surface area contributed by atoms with Gasteiger partial charge in [-0.25, -0.2) is 0 Å². The van der Waals surface area contributed by atoms with Gasteiger partial charge in [-0.05, 0) is 37.5 Å². The second-order valence-electron chi connectivity index (χ2n) is 5.97. The summed E-state index contributed by atoms with van der Waals surface area (Å²) in [5.74, 6) is 0. The van der Waals surface area contributed by atoms with E-state index < -0.39 is 0 Å². The first-order valence-electron chi connectivity index (χ1n) is 8.48. The van der Waals surface area contributed by atoms with Crippen LogP contribution in [0.15, 0.2) is 18.2 Å². The molecule has 0 bridgehead atoms. The Labute approximate surface area is 130 Å². The van der Waals surface area contributed by atoms with Crippen molar-refractivity contribution in [3.05, 3.63) is 29.3 Å². The predicted octanol–water partition coefficient (Wildman–Crippen LogP) is 5.81. The van der Waals surface area contributed by atoms with E-state index >= 15 is 0 Å². The summed E-state index contributed by atoms with van der Waals surface area (Å²) in [5.41, 5.74) is 3.10. The van der Waals surface area contributed by atoms with Gasteiger partial charge in [0, 0.05) is 11.7 Å². The van der Waals surface area contributed by atoms with Crippen LogP contribution >= 0.6 is 0 Å². The minimum atomic E-state index is 0.538. The molecule has 2 nitrogen and oxygen atoms in total. The van der Waals surface area contributed by atoms with Crippen molar-refractivity contribution in [2.45, 2.75) is 78.2 Å². The molecule has 21 heavy (non-hydrogen) atoms. The van der Waals surface area contributed by atoms with Gasteiger partial charge in [-0.15, -0.1) is 0 Å². The second kappa shape index (κ2) is 10.3. The lowest BCUT2D eigenvalue weighted by Gasteiger charge is -2.21. The molecular weight excluding hydrogens is 256 g/mol. The van der Waals surface area contributed by atoms with E-state index in [-0.39, 0.29) is 0 Å². The van der Waals surface area contributed by atoms with Gasteiger partial charge in [0.05, 0.1) is 11.6 Å². The van der Waals surface area contributed by atoms with E-state index in [1.165, 1.54) is 56.9 Å². The van der Waals surface area contributed by atoms with E-state index in [1.807, 2.05) is 18.2 Å². The third-order valence-corrected chi connectivity index (χ3v) is 4.04. The zero-order valence-electron chi connectivity index (χ0n) is 13.9. The third kappa shape index (κ3) is 6.67. The quantitative estimate of drug-likeness (QED) is 0.551. The number of unbranched alkanes of at least 4 members (excludes halogenated alkanes) is 4. The molecule has 116 valence electrons. The minimum Gasteiger partial charge on any atom is -0.382 e. The zero-order chi connectivity index (χ0) is 15.5. The maximum Gasteiger partial charge on any atom is 0.0992 e. The Kier molecular flexibility index (Phi) is 8.59. The minimum absolute atomic E-state index is 0.538. The topological polar surface area (TPSA) is 35.8 Å². The number of hydrogen-bond donors (Lipinski definition) is 1. The molecule has 0 fully saturated rings. The smallest absolute Gasteiger partial charge is 0.0992 e. The molecule has 0 spiro atoms. The molecule has 1 aromatic carbocycles. The highest BCUT2D eigenvalue weighted by atomic mass is 14.9. The summed E-state index contributed by atoms with van der Waals surface area (Å²) < 4.78 is 0. The fourth-order valence-electron chi connectivity index (χ4n) is 2.64. The van der Waals surface area contributed by atoms with Crippen LogP contribution in [0.1, 0.15) is 76.3 Å². The first-order chi connectivity index (χ1) is 10.2. The van der Waals surface area contributed by atoms with E-state index in [4.69, 9.17) is 5.26 Å². The molecule has 0 aliphatic rings. The number of benzene rings is 1. The number of aryl methyl sites for hydroxylation is 1. The molecule has 1 N–H and O–H groups in total. The van der Waals surface area contributed by atoms with Crippen LogP contribution in [0.3, 0.4) is 0 Å². The SMILES string of the molecule is CCCCCC(CCCCC)Nc1cc(C#N)ccc1C. The molecule has 0 atom stereocenters. The summed E-state index contributed by atoms with van der Waals surface area (Å²) in [5, 5.41) is 12.7. The summed E-state index contributed by atoms with van der Waals surface area (Å²) >= 11 is 0. The van der Waals surface area contributed by atoms with Crippen molar-refractivity contribution in [1.82, 2.24) is 0 Å². The number of nitrogens with one attached hydrogen (secondary N) is 1. The zero-order valence-corrected chi connectivity index (χ0v) is 13.9. The Morgan fingerprint density at radius 2 is 1.67 bits per heavy atom. The van der Waals surface area contributed by atoms with Crippen LogP contribution in [-0.2, 0) is 0 Å². The summed E-state index contributed by atoms with van der Waals surface area (Å²) in [6, 6.07) is 8.69. The molecule has 1 rings (SSSR count). The number of nitrogens with zero attached hydrogens (tertiary/aromatic N) is 1. The third-order valence-electron chi connectivity index (χ3n) is 4.04. The van der Waals surface area contributed by atoms with Gasteiger partial charge >= 0.3 is 0 Å². The molecule has 0 amide bonds. The Bertz CT molecular complexity index is 435. The molecular formula is C19H30N2. The van der Waals surface area contributed by atoms with Crippen molar-refractivity contribution in [1.29, 1.82) is 5.26 Å². The molecule has 0 aromatic heterocycles. The van der Waals surface area contributed by atoms with Crippen LogP contribution in [-0.4, -0.2) is 6.04 Å². The van der Waals surface area contributed by atoms with Crippen molar-refractivity contribution in [2.75, 3.05) is 5.32 Å². The highest BCUT2D eigenvalue weighted by Crippen LogP contribution is 2.21. The van der Waals surface area contributed by atoms with Gasteiger partial charge in [-0.3, -0.25) is 0 Å². The molecule has 1 aromatic rings. The standard InChI is InChI=1S/C19H30N2/c1-4-6-8-10-18(11-9-7-5-2)21-19-14-17(15-20)13-12-16(19)3/h12-14,18,21H,4-11H2,1-3H3. The fourth-order valence-corrected chi connectivity index (χ4v) is 2.64. The Morgan fingerprint density at radius 1 is 1.05 bits per heavy atom. The molecule has 0 heterocycles. The summed E-state index contributed by atoms with van der Waals surface area (Å²) in [6.45, 7) is 6.61. The summed E-state index contributed by atoms with van der Waals surface area (Å²) in [6.07, 6.45) is 10.2. The first kappa shape index (κ1) is 17.6. The van der Waals surface area contributed by atoms with Gasteiger partial charge in [0.1, 0.15) is 0 Å². The second-order valence-corrected chi connectivity index (χ2v) is 5.97. The lowest BCUT2D eigenvalue weighted by Crippen LogP contribution is -2.20. The molecule has 0 saturated heterocycles. The Hall–Kier alpha value is -1.49. The van der Waals surface area contributed by atoms with Crippen molar-refractivity contribution in [3.8, 4) is 6.07 Å². The van der Waals surface area contributed by atoms with E-state index in [0.29, 0.717) is 6.04 Å². The van der Waals surface area contributed by atoms with Crippen LogP contribution in [0, 0.1) is 18.3 Å². The fraction of sp³-hybridized carbons (Fsp3) is 0.632. The van der Waals surface area contributed by atoms with E-state index in [9.17, 15) is 0 Å². The maximum absolute atomic E-state index is 9.06. The van der Waals surface area contributed by atoms with E-state index in [1.54, 1.807) is 0 Å². The molecule has 0 aliphatic heterocycles. The van der Waals surface area contributed by atoms with E-state index in [2.05, 4.69) is 32.2 Å². The van der Waals surface area contributed by atoms with Gasteiger partial charge in [-0.1, -0.05) is 58.4 Å². The number of anilines is 1. The largest absolute Gasteiger partial charge is 0.382 e. The average molecular weight is 286 g/mol. The number of rotatable bonds is 10. The van der Waals surface area contributed by atoms with Crippen LogP contribution in [0.2, 0.25) is 0 Å².